The lowest BCUT2D eigenvalue weighted by molar-refractivity contribution is -0.137. The molecule has 0 saturated carbocycles. The number of hydrogen-bond donors (Lipinski definition) is 3. The van der Waals surface area contributed by atoms with Gasteiger partial charge in [-0.3, -0.25) is 4.98 Å². The van der Waals surface area contributed by atoms with Crippen LogP contribution >= 0.6 is 0 Å². The van der Waals surface area contributed by atoms with Gasteiger partial charge in [0.2, 0.25) is 0 Å². The lowest BCUT2D eigenvalue weighted by atomic mass is 10.0. The number of aliphatic hydroxyl groups is 2. The van der Waals surface area contributed by atoms with E-state index in [1.807, 2.05) is 31.2 Å². The summed E-state index contributed by atoms with van der Waals surface area (Å²) in [7, 11) is 0. The molecule has 0 aliphatic carbocycles. The van der Waals surface area contributed by atoms with Crippen LogP contribution in [0.3, 0.4) is 0 Å². The minimum Gasteiger partial charge on any atom is -0.393 e. The molecule has 3 N–H and O–H groups in total. The average molecular weight is 439 g/mol. The first-order chi connectivity index (χ1) is 15.3. The van der Waals surface area contributed by atoms with Gasteiger partial charge in [0, 0.05) is 34.6 Å². The Hall–Kier alpha value is -3.49. The SMILES string of the molecule is Cc1cc([C@@H](O)CO)cnc1-c1ccc2c(Nc3ccc(C(F)(F)F)cc3)nccc2c1. The summed E-state index contributed by atoms with van der Waals surface area (Å²) >= 11 is 0. The summed E-state index contributed by atoms with van der Waals surface area (Å²) in [6.07, 6.45) is -2.19. The zero-order valence-electron chi connectivity index (χ0n) is 17.1. The number of fused-ring (bicyclic) bond motifs is 1. The number of benzene rings is 2. The van der Waals surface area contributed by atoms with Gasteiger partial charge in [0.1, 0.15) is 11.9 Å². The van der Waals surface area contributed by atoms with Gasteiger partial charge in [0.25, 0.3) is 0 Å². The van der Waals surface area contributed by atoms with Gasteiger partial charge in [-0.25, -0.2) is 4.98 Å². The Kier molecular flexibility index (Phi) is 5.82. The van der Waals surface area contributed by atoms with Gasteiger partial charge in [-0.2, -0.15) is 13.2 Å². The van der Waals surface area contributed by atoms with E-state index >= 15 is 0 Å². The number of halogens is 3. The van der Waals surface area contributed by atoms with Crippen LogP contribution in [0.1, 0.15) is 22.8 Å². The van der Waals surface area contributed by atoms with E-state index in [0.29, 0.717) is 17.1 Å². The van der Waals surface area contributed by atoms with E-state index in [0.717, 1.165) is 39.7 Å². The van der Waals surface area contributed by atoms with E-state index in [1.54, 1.807) is 12.3 Å². The first kappa shape index (κ1) is 21.7. The largest absolute Gasteiger partial charge is 0.416 e. The zero-order valence-corrected chi connectivity index (χ0v) is 17.1. The highest BCUT2D eigenvalue weighted by atomic mass is 19.4. The Morgan fingerprint density at radius 3 is 2.41 bits per heavy atom. The van der Waals surface area contributed by atoms with Crippen LogP contribution < -0.4 is 5.32 Å². The molecule has 0 unspecified atom stereocenters. The minimum atomic E-state index is -4.38. The fraction of sp³-hybridized carbons (Fsp3) is 0.167. The lowest BCUT2D eigenvalue weighted by Gasteiger charge is -2.13. The summed E-state index contributed by atoms with van der Waals surface area (Å²) in [5.41, 5.74) is 2.80. The van der Waals surface area contributed by atoms with Gasteiger partial charge in [-0.05, 0) is 66.4 Å². The summed E-state index contributed by atoms with van der Waals surface area (Å²) in [5, 5.41) is 23.7. The Labute approximate surface area is 182 Å². The Morgan fingerprint density at radius 2 is 1.75 bits per heavy atom. The number of nitrogens with one attached hydrogen (secondary N) is 1. The van der Waals surface area contributed by atoms with Crippen molar-refractivity contribution >= 4 is 22.3 Å². The topological polar surface area (TPSA) is 78.3 Å². The van der Waals surface area contributed by atoms with E-state index in [1.165, 1.54) is 18.3 Å². The van der Waals surface area contributed by atoms with Gasteiger partial charge >= 0.3 is 6.18 Å². The van der Waals surface area contributed by atoms with Crippen LogP contribution in [0.5, 0.6) is 0 Å². The van der Waals surface area contributed by atoms with Crippen molar-refractivity contribution in [2.75, 3.05) is 11.9 Å². The molecule has 0 amide bonds. The Bertz CT molecular complexity index is 1260. The van der Waals surface area contributed by atoms with Crippen LogP contribution in [0.2, 0.25) is 0 Å². The number of nitrogens with zero attached hydrogens (tertiary/aromatic N) is 2. The number of hydrogen-bond acceptors (Lipinski definition) is 5. The van der Waals surface area contributed by atoms with Crippen molar-refractivity contribution in [3.63, 3.8) is 0 Å². The molecule has 8 heteroatoms. The maximum atomic E-state index is 12.8. The molecule has 0 radical (unpaired) electrons. The fourth-order valence-electron chi connectivity index (χ4n) is 3.49. The van der Waals surface area contributed by atoms with E-state index in [2.05, 4.69) is 15.3 Å². The first-order valence-corrected chi connectivity index (χ1v) is 9.85. The highest BCUT2D eigenvalue weighted by Crippen LogP contribution is 2.32. The molecule has 2 aromatic heterocycles. The van der Waals surface area contributed by atoms with Crippen molar-refractivity contribution in [3.8, 4) is 11.3 Å². The molecule has 0 saturated heterocycles. The molecular weight excluding hydrogens is 419 g/mol. The second-order valence-corrected chi connectivity index (χ2v) is 7.43. The highest BCUT2D eigenvalue weighted by Gasteiger charge is 2.29. The quantitative estimate of drug-likeness (QED) is 0.388. The molecule has 0 aliphatic heterocycles. The van der Waals surface area contributed by atoms with Crippen LogP contribution in [0, 0.1) is 6.92 Å². The van der Waals surface area contributed by atoms with Crippen molar-refractivity contribution in [2.24, 2.45) is 0 Å². The number of rotatable bonds is 5. The monoisotopic (exact) mass is 439 g/mol. The van der Waals surface area contributed by atoms with Crippen molar-refractivity contribution in [1.82, 2.24) is 9.97 Å². The summed E-state index contributed by atoms with van der Waals surface area (Å²) in [6, 6.07) is 14.1. The van der Waals surface area contributed by atoms with Crippen LogP contribution in [0.15, 0.2) is 67.0 Å². The standard InChI is InChI=1S/C24H20F3N3O2/c1-14-10-17(21(32)13-31)12-29-22(14)16-2-7-20-15(11-16)8-9-28-23(20)30-19-5-3-18(4-6-19)24(25,26)27/h2-12,21,31-32H,13H2,1H3,(H,28,30)/t21-/m0/s1. The summed E-state index contributed by atoms with van der Waals surface area (Å²) in [4.78, 5) is 8.78. The zero-order chi connectivity index (χ0) is 22.9. The molecule has 2 aromatic carbocycles. The van der Waals surface area contributed by atoms with Crippen LogP contribution in [0.25, 0.3) is 22.0 Å². The number of aryl methyl sites for hydroxylation is 1. The second kappa shape index (κ2) is 8.57. The summed E-state index contributed by atoms with van der Waals surface area (Å²) < 4.78 is 38.3. The molecule has 0 fully saturated rings. The molecule has 1 atom stereocenters. The smallest absolute Gasteiger partial charge is 0.393 e. The molecular formula is C24H20F3N3O2. The Balaban J connectivity index is 1.64. The number of anilines is 2. The van der Waals surface area contributed by atoms with Gasteiger partial charge < -0.3 is 15.5 Å². The first-order valence-electron chi connectivity index (χ1n) is 9.85. The van der Waals surface area contributed by atoms with Gasteiger partial charge in [0.05, 0.1) is 17.9 Å². The third-order valence-electron chi connectivity index (χ3n) is 5.17. The van der Waals surface area contributed by atoms with E-state index in [4.69, 9.17) is 5.11 Å². The predicted molar refractivity (Wildman–Crippen MR) is 116 cm³/mol. The van der Waals surface area contributed by atoms with Gasteiger partial charge in [0.15, 0.2) is 0 Å². The molecule has 164 valence electrons. The number of aliphatic hydroxyl groups excluding tert-OH is 2. The van der Waals surface area contributed by atoms with Crippen molar-refractivity contribution in [3.05, 3.63) is 83.7 Å². The van der Waals surface area contributed by atoms with Gasteiger partial charge in [-0.15, -0.1) is 0 Å². The minimum absolute atomic E-state index is 0.377. The molecule has 32 heavy (non-hydrogen) atoms. The number of aromatic nitrogens is 2. The van der Waals surface area contributed by atoms with Crippen LogP contribution in [0.4, 0.5) is 24.7 Å². The van der Waals surface area contributed by atoms with Crippen molar-refractivity contribution in [1.29, 1.82) is 0 Å². The average Bonchev–Trinajstić information content (AvgIpc) is 2.78. The predicted octanol–water partition coefficient (Wildman–Crippen LogP) is 5.39. The van der Waals surface area contributed by atoms with Crippen molar-refractivity contribution < 1.29 is 23.4 Å². The second-order valence-electron chi connectivity index (χ2n) is 7.43. The third kappa shape index (κ3) is 4.42. The van der Waals surface area contributed by atoms with E-state index < -0.39 is 17.8 Å². The maximum absolute atomic E-state index is 12.8. The Morgan fingerprint density at radius 1 is 1.00 bits per heavy atom. The molecule has 0 bridgehead atoms. The number of pyridine rings is 2. The molecule has 5 nitrogen and oxygen atoms in total. The highest BCUT2D eigenvalue weighted by molar-refractivity contribution is 5.95. The van der Waals surface area contributed by atoms with Gasteiger partial charge in [-0.1, -0.05) is 6.07 Å². The van der Waals surface area contributed by atoms with E-state index in [9.17, 15) is 18.3 Å². The van der Waals surface area contributed by atoms with Crippen molar-refractivity contribution in [2.45, 2.75) is 19.2 Å². The van der Waals surface area contributed by atoms with Crippen LogP contribution in [-0.4, -0.2) is 26.8 Å². The van der Waals surface area contributed by atoms with Crippen LogP contribution in [-0.2, 0) is 6.18 Å². The third-order valence-corrected chi connectivity index (χ3v) is 5.17. The summed E-state index contributed by atoms with van der Waals surface area (Å²) in [6.45, 7) is 1.50. The number of alkyl halides is 3. The normalized spacial score (nSPS) is 12.7. The molecule has 2 heterocycles. The summed E-state index contributed by atoms with van der Waals surface area (Å²) in [5.74, 6) is 0.528. The molecule has 0 spiro atoms. The molecule has 4 aromatic rings. The molecule has 4 rings (SSSR count). The lowest BCUT2D eigenvalue weighted by Crippen LogP contribution is -2.04. The fourth-order valence-corrected chi connectivity index (χ4v) is 3.49. The molecule has 0 aliphatic rings. The maximum Gasteiger partial charge on any atom is 0.416 e. The van der Waals surface area contributed by atoms with E-state index in [-0.39, 0.29) is 6.61 Å².